The van der Waals surface area contributed by atoms with Gasteiger partial charge in [-0.3, -0.25) is 4.79 Å². The summed E-state index contributed by atoms with van der Waals surface area (Å²) in [6.07, 6.45) is 4.85. The Bertz CT molecular complexity index is 470. The van der Waals surface area contributed by atoms with Gasteiger partial charge in [0, 0.05) is 17.0 Å². The smallest absolute Gasteiger partial charge is 0.223 e. The second-order valence-electron chi connectivity index (χ2n) is 6.16. The van der Waals surface area contributed by atoms with Crippen molar-refractivity contribution in [3.05, 3.63) is 34.9 Å². The molecule has 1 saturated carbocycles. The largest absolute Gasteiger partial charge is 0.353 e. The van der Waals surface area contributed by atoms with Crippen LogP contribution in [0.5, 0.6) is 0 Å². The fourth-order valence-electron chi connectivity index (χ4n) is 3.07. The van der Waals surface area contributed by atoms with Gasteiger partial charge in [0.2, 0.25) is 5.91 Å². The van der Waals surface area contributed by atoms with Gasteiger partial charge < -0.3 is 11.1 Å². The van der Waals surface area contributed by atoms with Crippen LogP contribution in [0.1, 0.15) is 38.2 Å². The van der Waals surface area contributed by atoms with Crippen LogP contribution in [-0.2, 0) is 11.2 Å². The van der Waals surface area contributed by atoms with E-state index < -0.39 is 0 Å². The van der Waals surface area contributed by atoms with Crippen LogP contribution < -0.4 is 11.1 Å². The number of halogens is 1. The molecule has 3 N–H and O–H groups in total. The maximum atomic E-state index is 12.3. The van der Waals surface area contributed by atoms with Crippen LogP contribution in [0.4, 0.5) is 0 Å². The lowest BCUT2D eigenvalue weighted by Gasteiger charge is -2.28. The minimum atomic E-state index is 0.102. The van der Waals surface area contributed by atoms with Crippen molar-refractivity contribution >= 4 is 17.5 Å². The molecule has 0 saturated heterocycles. The van der Waals surface area contributed by atoms with Gasteiger partial charge in [-0.1, -0.05) is 29.8 Å². The molecule has 4 heteroatoms. The lowest BCUT2D eigenvalue weighted by Crippen LogP contribution is -2.40. The minimum Gasteiger partial charge on any atom is -0.353 e. The minimum absolute atomic E-state index is 0.102. The van der Waals surface area contributed by atoms with E-state index in [0.717, 1.165) is 49.2 Å². The normalized spacial score (nSPS) is 23.6. The summed E-state index contributed by atoms with van der Waals surface area (Å²) in [7, 11) is 0. The van der Waals surface area contributed by atoms with Gasteiger partial charge in [0.25, 0.3) is 0 Å². The molecule has 1 fully saturated rings. The predicted molar refractivity (Wildman–Crippen MR) is 87.3 cm³/mol. The van der Waals surface area contributed by atoms with Gasteiger partial charge in [-0.05, 0) is 63.1 Å². The second-order valence-corrected chi connectivity index (χ2v) is 6.57. The highest BCUT2D eigenvalue weighted by Crippen LogP contribution is 2.28. The van der Waals surface area contributed by atoms with Gasteiger partial charge >= 0.3 is 0 Å². The maximum absolute atomic E-state index is 12.3. The molecule has 0 radical (unpaired) electrons. The summed E-state index contributed by atoms with van der Waals surface area (Å²) < 4.78 is 0. The first kappa shape index (κ1) is 16.3. The molecule has 1 unspecified atom stereocenters. The summed E-state index contributed by atoms with van der Waals surface area (Å²) in [6.45, 7) is 2.78. The molecule has 0 aromatic heterocycles. The SMILES string of the molecule is CC(Cc1ccccc1Cl)NC(=O)C1CCC(CN)CC1. The molecule has 21 heavy (non-hydrogen) atoms. The molecule has 0 bridgehead atoms. The van der Waals surface area contributed by atoms with Crippen molar-refractivity contribution in [3.63, 3.8) is 0 Å². The molecule has 2 rings (SSSR count). The Hall–Kier alpha value is -1.06. The number of carbonyl (C=O) groups is 1. The fourth-order valence-corrected chi connectivity index (χ4v) is 3.28. The summed E-state index contributed by atoms with van der Waals surface area (Å²) >= 11 is 6.16. The highest BCUT2D eigenvalue weighted by molar-refractivity contribution is 6.31. The Balaban J connectivity index is 1.81. The molecule has 1 aromatic rings. The second kappa shape index (κ2) is 7.81. The zero-order valence-electron chi connectivity index (χ0n) is 12.6. The zero-order valence-corrected chi connectivity index (χ0v) is 13.4. The van der Waals surface area contributed by atoms with Crippen molar-refractivity contribution in [2.75, 3.05) is 6.54 Å². The average molecular weight is 309 g/mol. The molecule has 0 aliphatic heterocycles. The van der Waals surface area contributed by atoms with Gasteiger partial charge in [-0.15, -0.1) is 0 Å². The third kappa shape index (κ3) is 4.72. The van der Waals surface area contributed by atoms with Crippen LogP contribution in [-0.4, -0.2) is 18.5 Å². The van der Waals surface area contributed by atoms with Crippen molar-refractivity contribution in [1.82, 2.24) is 5.32 Å². The number of rotatable bonds is 5. The average Bonchev–Trinajstić information content (AvgIpc) is 2.49. The molecular formula is C17H25ClN2O. The summed E-state index contributed by atoms with van der Waals surface area (Å²) in [5.74, 6) is 0.945. The van der Waals surface area contributed by atoms with E-state index in [1.807, 2.05) is 31.2 Å². The summed E-state index contributed by atoms with van der Waals surface area (Å²) in [4.78, 5) is 12.3. The number of hydrogen-bond acceptors (Lipinski definition) is 2. The standard InChI is InChI=1S/C17H25ClN2O/c1-12(10-15-4-2-3-5-16(15)18)20-17(21)14-8-6-13(11-19)7-9-14/h2-5,12-14H,6-11,19H2,1H3,(H,20,21). The molecule has 0 heterocycles. The van der Waals surface area contributed by atoms with Gasteiger partial charge in [-0.2, -0.15) is 0 Å². The van der Waals surface area contributed by atoms with Gasteiger partial charge in [0.05, 0.1) is 0 Å². The number of nitrogens with two attached hydrogens (primary N) is 1. The number of hydrogen-bond donors (Lipinski definition) is 2. The van der Waals surface area contributed by atoms with E-state index in [2.05, 4.69) is 5.32 Å². The highest BCUT2D eigenvalue weighted by Gasteiger charge is 2.26. The van der Waals surface area contributed by atoms with Crippen molar-refractivity contribution < 1.29 is 4.79 Å². The Morgan fingerprint density at radius 3 is 2.62 bits per heavy atom. The van der Waals surface area contributed by atoms with E-state index in [9.17, 15) is 4.79 Å². The lowest BCUT2D eigenvalue weighted by molar-refractivity contribution is -0.126. The first-order chi connectivity index (χ1) is 10.1. The van der Waals surface area contributed by atoms with Gasteiger partial charge in [0.1, 0.15) is 0 Å². The number of nitrogens with one attached hydrogen (secondary N) is 1. The van der Waals surface area contributed by atoms with Gasteiger partial charge in [0.15, 0.2) is 0 Å². The Labute approximate surface area is 132 Å². The quantitative estimate of drug-likeness (QED) is 0.878. The molecule has 1 amide bonds. The van der Waals surface area contributed by atoms with Crippen molar-refractivity contribution in [2.24, 2.45) is 17.6 Å². The summed E-state index contributed by atoms with van der Waals surface area (Å²) in [6, 6.07) is 7.90. The molecule has 1 atom stereocenters. The lowest BCUT2D eigenvalue weighted by atomic mass is 9.81. The highest BCUT2D eigenvalue weighted by atomic mass is 35.5. The third-order valence-corrected chi connectivity index (χ3v) is 4.79. The molecule has 1 aliphatic carbocycles. The van der Waals surface area contributed by atoms with Crippen LogP contribution in [0.2, 0.25) is 5.02 Å². The fraction of sp³-hybridized carbons (Fsp3) is 0.588. The van der Waals surface area contributed by atoms with Crippen LogP contribution in [0, 0.1) is 11.8 Å². The first-order valence-electron chi connectivity index (χ1n) is 7.84. The topological polar surface area (TPSA) is 55.1 Å². The third-order valence-electron chi connectivity index (χ3n) is 4.42. The summed E-state index contributed by atoms with van der Waals surface area (Å²) in [5.41, 5.74) is 6.77. The van der Waals surface area contributed by atoms with E-state index in [1.165, 1.54) is 0 Å². The zero-order chi connectivity index (χ0) is 15.2. The van der Waals surface area contributed by atoms with Crippen molar-refractivity contribution in [2.45, 2.75) is 45.1 Å². The van der Waals surface area contributed by atoms with Crippen molar-refractivity contribution in [1.29, 1.82) is 0 Å². The molecule has 1 aliphatic rings. The van der Waals surface area contributed by atoms with Gasteiger partial charge in [-0.25, -0.2) is 0 Å². The Morgan fingerprint density at radius 2 is 2.00 bits per heavy atom. The van der Waals surface area contributed by atoms with Crippen LogP contribution in [0.3, 0.4) is 0 Å². The maximum Gasteiger partial charge on any atom is 0.223 e. The van der Waals surface area contributed by atoms with E-state index in [1.54, 1.807) is 0 Å². The van der Waals surface area contributed by atoms with Crippen LogP contribution >= 0.6 is 11.6 Å². The number of amides is 1. The Morgan fingerprint density at radius 1 is 1.33 bits per heavy atom. The summed E-state index contributed by atoms with van der Waals surface area (Å²) in [5, 5.41) is 3.90. The molecule has 116 valence electrons. The van der Waals surface area contributed by atoms with E-state index in [-0.39, 0.29) is 17.9 Å². The van der Waals surface area contributed by atoms with E-state index in [4.69, 9.17) is 17.3 Å². The van der Waals surface area contributed by atoms with E-state index in [0.29, 0.717) is 5.92 Å². The Kier molecular flexibility index (Phi) is 6.07. The van der Waals surface area contributed by atoms with Crippen LogP contribution in [0.15, 0.2) is 24.3 Å². The van der Waals surface area contributed by atoms with E-state index >= 15 is 0 Å². The number of carbonyl (C=O) groups excluding carboxylic acids is 1. The molecule has 1 aromatic carbocycles. The predicted octanol–water partition coefficient (Wildman–Crippen LogP) is 3.15. The molecule has 0 spiro atoms. The van der Waals surface area contributed by atoms with Crippen molar-refractivity contribution in [3.8, 4) is 0 Å². The number of benzene rings is 1. The molecule has 3 nitrogen and oxygen atoms in total. The monoisotopic (exact) mass is 308 g/mol. The molecular weight excluding hydrogens is 284 g/mol. The first-order valence-corrected chi connectivity index (χ1v) is 8.21. The van der Waals surface area contributed by atoms with Crippen LogP contribution in [0.25, 0.3) is 0 Å².